The summed E-state index contributed by atoms with van der Waals surface area (Å²) in [5.41, 5.74) is 3.60. The normalized spacial score (nSPS) is 12.2. The van der Waals surface area contributed by atoms with Crippen molar-refractivity contribution in [1.82, 2.24) is 20.6 Å². The number of rotatable bonds is 8. The molecular weight excluding hydrogens is 392 g/mol. The first-order valence-electron chi connectivity index (χ1n) is 10.3. The first-order chi connectivity index (χ1) is 15.1. The molecule has 0 bridgehead atoms. The van der Waals surface area contributed by atoms with Crippen LogP contribution < -0.4 is 10.6 Å². The molecule has 0 aliphatic carbocycles. The van der Waals surface area contributed by atoms with Gasteiger partial charge in [0, 0.05) is 47.9 Å². The summed E-state index contributed by atoms with van der Waals surface area (Å²) in [6.45, 7) is 2.74. The zero-order chi connectivity index (χ0) is 21.8. The molecule has 1 amide bonds. The maximum Gasteiger partial charge on any atom is 0.255 e. The molecule has 0 saturated carbocycles. The van der Waals surface area contributed by atoms with E-state index in [4.69, 9.17) is 4.42 Å². The number of phenolic OH excluding ortho intramolecular Hbond substituents is 1. The Hall–Kier alpha value is -3.58. The van der Waals surface area contributed by atoms with Crippen LogP contribution in [-0.2, 0) is 12.8 Å². The SMILES string of the molecule is CNC(=O)c1c(-c2ccccc2)oc2ccc(O)c(CCN[C@H](C)Cc3cnc[nH]3)c12. The average Bonchev–Trinajstić information content (AvgIpc) is 3.43. The van der Waals surface area contributed by atoms with E-state index in [1.807, 2.05) is 36.5 Å². The number of fused-ring (bicyclic) bond motifs is 1. The second kappa shape index (κ2) is 9.06. The van der Waals surface area contributed by atoms with Crippen molar-refractivity contribution in [2.75, 3.05) is 13.6 Å². The molecule has 2 aromatic carbocycles. The fraction of sp³-hybridized carbons (Fsp3) is 0.250. The molecule has 31 heavy (non-hydrogen) atoms. The van der Waals surface area contributed by atoms with E-state index in [2.05, 4.69) is 27.5 Å². The number of H-pyrrole nitrogens is 1. The second-order valence-electron chi connectivity index (χ2n) is 7.57. The largest absolute Gasteiger partial charge is 0.508 e. The number of furan rings is 1. The van der Waals surface area contributed by atoms with Crippen molar-refractivity contribution in [1.29, 1.82) is 0 Å². The minimum Gasteiger partial charge on any atom is -0.508 e. The molecule has 4 N–H and O–H groups in total. The number of carbonyl (C=O) groups is 1. The van der Waals surface area contributed by atoms with Gasteiger partial charge in [0.05, 0.1) is 11.9 Å². The van der Waals surface area contributed by atoms with Gasteiger partial charge < -0.3 is 25.1 Å². The van der Waals surface area contributed by atoms with E-state index in [0.717, 1.165) is 17.7 Å². The number of phenols is 1. The number of imidazole rings is 1. The predicted octanol–water partition coefficient (Wildman–Crippen LogP) is 3.65. The van der Waals surface area contributed by atoms with Crippen LogP contribution in [0.15, 0.2) is 59.4 Å². The van der Waals surface area contributed by atoms with Gasteiger partial charge in [0.1, 0.15) is 17.1 Å². The molecule has 7 heteroatoms. The summed E-state index contributed by atoms with van der Waals surface area (Å²) in [6.07, 6.45) is 4.86. The number of hydrogen-bond acceptors (Lipinski definition) is 5. The molecule has 4 aromatic rings. The number of amides is 1. The number of nitrogens with one attached hydrogen (secondary N) is 3. The molecule has 4 rings (SSSR count). The average molecular weight is 418 g/mol. The van der Waals surface area contributed by atoms with E-state index in [-0.39, 0.29) is 17.7 Å². The molecule has 2 aromatic heterocycles. The highest BCUT2D eigenvalue weighted by molar-refractivity contribution is 6.12. The summed E-state index contributed by atoms with van der Waals surface area (Å²) in [7, 11) is 1.59. The Bertz CT molecular complexity index is 1170. The first-order valence-corrected chi connectivity index (χ1v) is 10.3. The molecule has 0 unspecified atom stereocenters. The molecule has 0 fully saturated rings. The topological polar surface area (TPSA) is 103 Å². The Kier molecular flexibility index (Phi) is 6.04. The van der Waals surface area contributed by atoms with Gasteiger partial charge in [-0.05, 0) is 32.0 Å². The number of aromatic nitrogens is 2. The standard InChI is InChI=1S/C24H26N4O3/c1-15(12-17-13-26-14-28-17)27-11-10-18-19(29)8-9-20-21(18)22(24(30)25-2)23(31-20)16-6-4-3-5-7-16/h3-9,13-15,27,29H,10-12H2,1-2H3,(H,25,30)(H,26,28)/t15-/m1/s1. The Balaban J connectivity index is 1.65. The maximum absolute atomic E-state index is 12.8. The minimum atomic E-state index is -0.245. The highest BCUT2D eigenvalue weighted by Gasteiger charge is 2.25. The third kappa shape index (κ3) is 4.32. The number of benzene rings is 2. The van der Waals surface area contributed by atoms with E-state index >= 15 is 0 Å². The van der Waals surface area contributed by atoms with Gasteiger partial charge >= 0.3 is 0 Å². The Morgan fingerprint density at radius 2 is 2.03 bits per heavy atom. The van der Waals surface area contributed by atoms with Crippen molar-refractivity contribution in [3.8, 4) is 17.1 Å². The lowest BCUT2D eigenvalue weighted by molar-refractivity contribution is 0.0964. The van der Waals surface area contributed by atoms with Crippen LogP contribution in [0, 0.1) is 0 Å². The zero-order valence-corrected chi connectivity index (χ0v) is 17.6. The highest BCUT2D eigenvalue weighted by Crippen LogP contribution is 2.38. The van der Waals surface area contributed by atoms with Crippen molar-refractivity contribution in [3.05, 3.63) is 71.8 Å². The molecule has 0 aliphatic heterocycles. The van der Waals surface area contributed by atoms with Crippen molar-refractivity contribution >= 4 is 16.9 Å². The van der Waals surface area contributed by atoms with Gasteiger partial charge in [0.15, 0.2) is 0 Å². The van der Waals surface area contributed by atoms with Gasteiger partial charge in [-0.1, -0.05) is 30.3 Å². The molecular formula is C24H26N4O3. The molecule has 7 nitrogen and oxygen atoms in total. The van der Waals surface area contributed by atoms with Crippen molar-refractivity contribution in [2.45, 2.75) is 25.8 Å². The van der Waals surface area contributed by atoms with E-state index < -0.39 is 0 Å². The lowest BCUT2D eigenvalue weighted by atomic mass is 9.98. The summed E-state index contributed by atoms with van der Waals surface area (Å²) in [5, 5.41) is 17.5. The summed E-state index contributed by atoms with van der Waals surface area (Å²) in [4.78, 5) is 20.0. The van der Waals surface area contributed by atoms with Crippen LogP contribution in [0.4, 0.5) is 0 Å². The summed E-state index contributed by atoms with van der Waals surface area (Å²) in [5.74, 6) is 0.411. The number of aromatic amines is 1. The van der Waals surface area contributed by atoms with Gasteiger partial charge in [-0.15, -0.1) is 0 Å². The van der Waals surface area contributed by atoms with Crippen LogP contribution in [0.25, 0.3) is 22.3 Å². The second-order valence-corrected chi connectivity index (χ2v) is 7.57. The van der Waals surface area contributed by atoms with Crippen LogP contribution in [-0.4, -0.2) is 40.6 Å². The van der Waals surface area contributed by atoms with Crippen molar-refractivity contribution < 1.29 is 14.3 Å². The maximum atomic E-state index is 12.8. The van der Waals surface area contributed by atoms with Crippen molar-refractivity contribution in [3.63, 3.8) is 0 Å². The van der Waals surface area contributed by atoms with Crippen LogP contribution in [0.2, 0.25) is 0 Å². The lowest BCUT2D eigenvalue weighted by Crippen LogP contribution is -2.30. The van der Waals surface area contributed by atoms with E-state index in [1.54, 1.807) is 25.5 Å². The van der Waals surface area contributed by atoms with Crippen LogP contribution in [0.1, 0.15) is 28.5 Å². The molecule has 0 saturated heterocycles. The number of nitrogens with zero attached hydrogens (tertiary/aromatic N) is 1. The Morgan fingerprint density at radius 3 is 2.74 bits per heavy atom. The molecule has 0 aliphatic rings. The highest BCUT2D eigenvalue weighted by atomic mass is 16.3. The van der Waals surface area contributed by atoms with Gasteiger partial charge in [-0.3, -0.25) is 4.79 Å². The number of hydrogen-bond donors (Lipinski definition) is 4. The summed E-state index contributed by atoms with van der Waals surface area (Å²) >= 11 is 0. The lowest BCUT2D eigenvalue weighted by Gasteiger charge is -2.14. The van der Waals surface area contributed by atoms with Crippen LogP contribution in [0.3, 0.4) is 0 Å². The predicted molar refractivity (Wildman–Crippen MR) is 120 cm³/mol. The molecule has 1 atom stereocenters. The molecule has 0 spiro atoms. The Labute approximate surface area is 180 Å². The quantitative estimate of drug-likeness (QED) is 0.350. The third-order valence-corrected chi connectivity index (χ3v) is 5.38. The number of carbonyl (C=O) groups excluding carboxylic acids is 1. The zero-order valence-electron chi connectivity index (χ0n) is 17.6. The van der Waals surface area contributed by atoms with Gasteiger partial charge in [-0.25, -0.2) is 4.98 Å². The van der Waals surface area contributed by atoms with Crippen LogP contribution in [0.5, 0.6) is 5.75 Å². The van der Waals surface area contributed by atoms with E-state index in [0.29, 0.717) is 40.8 Å². The molecule has 2 heterocycles. The fourth-order valence-electron chi connectivity index (χ4n) is 3.88. The fourth-order valence-corrected chi connectivity index (χ4v) is 3.88. The van der Waals surface area contributed by atoms with Crippen molar-refractivity contribution in [2.24, 2.45) is 0 Å². The first kappa shape index (κ1) is 20.7. The van der Waals surface area contributed by atoms with Gasteiger partial charge in [-0.2, -0.15) is 0 Å². The smallest absolute Gasteiger partial charge is 0.255 e. The minimum absolute atomic E-state index is 0.154. The summed E-state index contributed by atoms with van der Waals surface area (Å²) in [6, 6.07) is 13.1. The van der Waals surface area contributed by atoms with E-state index in [1.165, 1.54) is 0 Å². The molecule has 0 radical (unpaired) electrons. The Morgan fingerprint density at radius 1 is 1.23 bits per heavy atom. The van der Waals surface area contributed by atoms with Gasteiger partial charge in [0.25, 0.3) is 5.91 Å². The third-order valence-electron chi connectivity index (χ3n) is 5.38. The summed E-state index contributed by atoms with van der Waals surface area (Å²) < 4.78 is 6.10. The monoisotopic (exact) mass is 418 g/mol. The van der Waals surface area contributed by atoms with E-state index in [9.17, 15) is 9.90 Å². The number of aromatic hydroxyl groups is 1. The van der Waals surface area contributed by atoms with Gasteiger partial charge in [0.2, 0.25) is 0 Å². The van der Waals surface area contributed by atoms with Crippen LogP contribution >= 0.6 is 0 Å². The molecule has 160 valence electrons.